The van der Waals surface area contributed by atoms with Crippen molar-refractivity contribution in [3.8, 4) is 0 Å². The monoisotopic (exact) mass is 304 g/mol. The number of aliphatic hydroxyl groups excluding tert-OH is 2. The molecule has 2 aliphatic rings. The van der Waals surface area contributed by atoms with Crippen molar-refractivity contribution in [2.45, 2.75) is 12.2 Å². The van der Waals surface area contributed by atoms with Gasteiger partial charge in [0.1, 0.15) is 0 Å². The normalized spacial score (nSPS) is 24.7. The lowest BCUT2D eigenvalue weighted by molar-refractivity contribution is -0.124. The van der Waals surface area contributed by atoms with Gasteiger partial charge in [0.2, 0.25) is 34.9 Å². The van der Waals surface area contributed by atoms with Crippen LogP contribution in [0.5, 0.6) is 0 Å². The highest BCUT2D eigenvalue weighted by atomic mass is 16.5. The Bertz CT molecular complexity index is 671. The standard InChI is InChI=1S/C14H12N2O6/c15-13-9(19)7(17)11(21-13)5-1-2-6(4-3-5)12-8(18)10(20)14(16)22-12/h1-4,11-12,19-20H,15-16H2/t11-,12-/m0/s1. The van der Waals surface area contributed by atoms with Gasteiger partial charge in [0.15, 0.2) is 12.2 Å². The number of ketones is 2. The van der Waals surface area contributed by atoms with Crippen molar-refractivity contribution >= 4 is 11.6 Å². The molecule has 6 N–H and O–H groups in total. The summed E-state index contributed by atoms with van der Waals surface area (Å²) < 4.78 is 10.2. The highest BCUT2D eigenvalue weighted by Crippen LogP contribution is 2.33. The van der Waals surface area contributed by atoms with Gasteiger partial charge in [-0.25, -0.2) is 0 Å². The maximum atomic E-state index is 11.7. The van der Waals surface area contributed by atoms with Crippen molar-refractivity contribution in [1.29, 1.82) is 0 Å². The molecule has 0 fully saturated rings. The van der Waals surface area contributed by atoms with E-state index in [4.69, 9.17) is 20.9 Å². The number of nitrogens with two attached hydrogens (primary N) is 2. The molecule has 8 nitrogen and oxygen atoms in total. The van der Waals surface area contributed by atoms with Gasteiger partial charge < -0.3 is 31.2 Å². The molecule has 1 aromatic carbocycles. The highest BCUT2D eigenvalue weighted by Gasteiger charge is 2.37. The number of carbonyl (C=O) groups excluding carboxylic acids is 2. The maximum Gasteiger partial charge on any atom is 0.247 e. The third kappa shape index (κ3) is 1.93. The van der Waals surface area contributed by atoms with Crippen LogP contribution in [0.1, 0.15) is 23.3 Å². The Morgan fingerprint density at radius 2 is 1.09 bits per heavy atom. The number of benzene rings is 1. The number of Topliss-reactive ketones (excluding diaryl/α,β-unsaturated/α-hetero) is 2. The van der Waals surface area contributed by atoms with Gasteiger partial charge in [-0.3, -0.25) is 9.59 Å². The zero-order valence-electron chi connectivity index (χ0n) is 11.1. The van der Waals surface area contributed by atoms with Gasteiger partial charge in [0, 0.05) is 11.1 Å². The fraction of sp³-hybridized carbons (Fsp3) is 0.143. The van der Waals surface area contributed by atoms with Gasteiger partial charge in [-0.1, -0.05) is 24.3 Å². The second-order valence-electron chi connectivity index (χ2n) is 4.82. The van der Waals surface area contributed by atoms with Gasteiger partial charge >= 0.3 is 0 Å². The first-order chi connectivity index (χ1) is 10.4. The van der Waals surface area contributed by atoms with Gasteiger partial charge in [-0.05, 0) is 0 Å². The van der Waals surface area contributed by atoms with Crippen molar-refractivity contribution in [3.05, 3.63) is 58.7 Å². The topological polar surface area (TPSA) is 145 Å². The van der Waals surface area contributed by atoms with E-state index in [0.717, 1.165) is 0 Å². The predicted octanol–water partition coefficient (Wildman–Crippen LogP) is 0.339. The van der Waals surface area contributed by atoms with Crippen LogP contribution in [0.15, 0.2) is 47.5 Å². The number of carbonyl (C=O) groups is 2. The Kier molecular flexibility index (Phi) is 2.94. The largest absolute Gasteiger partial charge is 0.501 e. The van der Waals surface area contributed by atoms with E-state index in [1.54, 1.807) is 0 Å². The maximum absolute atomic E-state index is 11.7. The van der Waals surface area contributed by atoms with Crippen LogP contribution in [0.2, 0.25) is 0 Å². The van der Waals surface area contributed by atoms with Crippen LogP contribution in [0.25, 0.3) is 0 Å². The molecule has 0 radical (unpaired) electrons. The predicted molar refractivity (Wildman–Crippen MR) is 71.8 cm³/mol. The quantitative estimate of drug-likeness (QED) is 0.612. The summed E-state index contributed by atoms with van der Waals surface area (Å²) in [7, 11) is 0. The fourth-order valence-electron chi connectivity index (χ4n) is 2.25. The first kappa shape index (κ1) is 13.8. The van der Waals surface area contributed by atoms with Crippen molar-refractivity contribution in [3.63, 3.8) is 0 Å². The zero-order valence-corrected chi connectivity index (χ0v) is 11.1. The summed E-state index contributed by atoms with van der Waals surface area (Å²) in [6.07, 6.45) is -2.04. The van der Waals surface area contributed by atoms with Crippen molar-refractivity contribution in [2.75, 3.05) is 0 Å². The van der Waals surface area contributed by atoms with E-state index in [2.05, 4.69) is 0 Å². The molecule has 22 heavy (non-hydrogen) atoms. The van der Waals surface area contributed by atoms with Crippen molar-refractivity contribution in [1.82, 2.24) is 0 Å². The molecule has 1 aromatic rings. The Morgan fingerprint density at radius 1 is 0.773 bits per heavy atom. The van der Waals surface area contributed by atoms with E-state index in [0.29, 0.717) is 11.1 Å². The summed E-state index contributed by atoms with van der Waals surface area (Å²) in [5.74, 6) is -3.13. The minimum Gasteiger partial charge on any atom is -0.501 e. The first-order valence-corrected chi connectivity index (χ1v) is 6.29. The smallest absolute Gasteiger partial charge is 0.247 e. The Morgan fingerprint density at radius 3 is 1.32 bits per heavy atom. The minimum atomic E-state index is -1.02. The van der Waals surface area contributed by atoms with Crippen LogP contribution in [-0.4, -0.2) is 21.8 Å². The number of aliphatic hydroxyl groups is 2. The summed E-state index contributed by atoms with van der Waals surface area (Å²) in [6, 6.07) is 6.13. The van der Waals surface area contributed by atoms with Crippen LogP contribution in [-0.2, 0) is 19.1 Å². The molecule has 2 aliphatic heterocycles. The van der Waals surface area contributed by atoms with E-state index in [9.17, 15) is 19.8 Å². The van der Waals surface area contributed by atoms with Crippen LogP contribution >= 0.6 is 0 Å². The first-order valence-electron chi connectivity index (χ1n) is 6.29. The molecule has 0 bridgehead atoms. The van der Waals surface area contributed by atoms with E-state index >= 15 is 0 Å². The third-order valence-corrected chi connectivity index (χ3v) is 3.44. The van der Waals surface area contributed by atoms with Crippen LogP contribution in [0.4, 0.5) is 0 Å². The zero-order chi connectivity index (χ0) is 16.0. The lowest BCUT2D eigenvalue weighted by Crippen LogP contribution is -2.12. The summed E-state index contributed by atoms with van der Waals surface area (Å²) >= 11 is 0. The Hall–Kier alpha value is -3.16. The molecule has 0 unspecified atom stereocenters. The molecule has 8 heteroatoms. The molecular formula is C14H12N2O6. The molecule has 0 spiro atoms. The van der Waals surface area contributed by atoms with Crippen molar-refractivity contribution in [2.24, 2.45) is 11.5 Å². The number of hydrogen-bond donors (Lipinski definition) is 4. The average molecular weight is 304 g/mol. The van der Waals surface area contributed by atoms with E-state index in [1.807, 2.05) is 0 Å². The van der Waals surface area contributed by atoms with Crippen LogP contribution in [0.3, 0.4) is 0 Å². The lowest BCUT2D eigenvalue weighted by atomic mass is 10.0. The van der Waals surface area contributed by atoms with Crippen LogP contribution < -0.4 is 11.5 Å². The van der Waals surface area contributed by atoms with Gasteiger partial charge in [-0.2, -0.15) is 0 Å². The molecule has 0 amide bonds. The molecular weight excluding hydrogens is 292 g/mol. The fourth-order valence-corrected chi connectivity index (χ4v) is 2.25. The van der Waals surface area contributed by atoms with Gasteiger partial charge in [0.25, 0.3) is 0 Å². The number of hydrogen-bond acceptors (Lipinski definition) is 8. The van der Waals surface area contributed by atoms with E-state index in [-0.39, 0.29) is 11.8 Å². The molecule has 114 valence electrons. The molecule has 2 atom stereocenters. The minimum absolute atomic E-state index is 0.324. The second kappa shape index (κ2) is 4.69. The molecule has 2 heterocycles. The summed E-state index contributed by atoms with van der Waals surface area (Å²) in [6.45, 7) is 0. The van der Waals surface area contributed by atoms with Gasteiger partial charge in [-0.15, -0.1) is 0 Å². The summed E-state index contributed by atoms with van der Waals surface area (Å²) in [5.41, 5.74) is 11.6. The molecule has 3 rings (SSSR count). The molecule has 0 saturated carbocycles. The summed E-state index contributed by atoms with van der Waals surface area (Å²) in [5, 5.41) is 18.8. The Balaban J connectivity index is 1.81. The number of rotatable bonds is 2. The average Bonchev–Trinajstić information content (AvgIpc) is 2.92. The van der Waals surface area contributed by atoms with E-state index in [1.165, 1.54) is 24.3 Å². The van der Waals surface area contributed by atoms with Gasteiger partial charge in [0.05, 0.1) is 0 Å². The molecule has 0 aromatic heterocycles. The molecule has 0 saturated heterocycles. The second-order valence-corrected chi connectivity index (χ2v) is 4.82. The van der Waals surface area contributed by atoms with Crippen molar-refractivity contribution < 1.29 is 29.3 Å². The highest BCUT2D eigenvalue weighted by molar-refractivity contribution is 6.00. The number of ether oxygens (including phenoxy) is 2. The Labute approximate surface area is 124 Å². The lowest BCUT2D eigenvalue weighted by Gasteiger charge is -2.13. The third-order valence-electron chi connectivity index (χ3n) is 3.44. The summed E-state index contributed by atoms with van der Waals surface area (Å²) in [4.78, 5) is 23.5. The SMILES string of the molecule is NC1=C(O)C(=O)[C@H](c2ccc([C@@H]3OC(N)=C(O)C3=O)cc2)O1. The van der Waals surface area contributed by atoms with E-state index < -0.39 is 35.3 Å². The van der Waals surface area contributed by atoms with Crippen LogP contribution in [0, 0.1) is 0 Å². The molecule has 0 aliphatic carbocycles.